The van der Waals surface area contributed by atoms with Gasteiger partial charge in [0.05, 0.1) is 17.6 Å². The highest BCUT2D eigenvalue weighted by molar-refractivity contribution is 5.95. The predicted octanol–water partition coefficient (Wildman–Crippen LogP) is 3.54. The third kappa shape index (κ3) is 8.30. The zero-order chi connectivity index (χ0) is 32.7. The Morgan fingerprint density at radius 2 is 1.84 bits per heavy atom. The minimum atomic E-state index is -1.40. The van der Waals surface area contributed by atoms with Crippen LogP contribution in [0.3, 0.4) is 0 Å². The highest BCUT2D eigenvalue weighted by Crippen LogP contribution is 2.25. The van der Waals surface area contributed by atoms with Crippen LogP contribution in [0.1, 0.15) is 38.1 Å². The number of benzene rings is 1. The summed E-state index contributed by atoms with van der Waals surface area (Å²) in [5.41, 5.74) is 0.108. The highest BCUT2D eigenvalue weighted by atomic mass is 19.1. The summed E-state index contributed by atoms with van der Waals surface area (Å²) in [6.45, 7) is 3.59. The number of carboxylic acid groups (broad SMARTS) is 1. The summed E-state index contributed by atoms with van der Waals surface area (Å²) in [4.78, 5) is 69.7. The van der Waals surface area contributed by atoms with Gasteiger partial charge in [-0.1, -0.05) is 19.9 Å². The molecule has 2 aromatic heterocycles. The van der Waals surface area contributed by atoms with Crippen molar-refractivity contribution in [2.45, 2.75) is 45.8 Å². The summed E-state index contributed by atoms with van der Waals surface area (Å²) in [6.07, 6.45) is 1.55. The van der Waals surface area contributed by atoms with Crippen molar-refractivity contribution in [2.24, 2.45) is 5.92 Å². The number of pyridine rings is 1. The number of allylic oxidation sites excluding steroid dienone is 1. The first kappa shape index (κ1) is 33.5. The van der Waals surface area contributed by atoms with Crippen LogP contribution in [-0.4, -0.2) is 87.3 Å². The van der Waals surface area contributed by atoms with Crippen molar-refractivity contribution >= 4 is 40.7 Å². The van der Waals surface area contributed by atoms with Gasteiger partial charge in [0.15, 0.2) is 6.10 Å². The van der Waals surface area contributed by atoms with Gasteiger partial charge in [-0.3, -0.25) is 14.4 Å². The number of amides is 3. The Kier molecular flexibility index (Phi) is 11.0. The number of hydrogen-bond donors (Lipinski definition) is 2. The maximum Gasteiger partial charge on any atom is 0.417 e. The Bertz CT molecular complexity index is 1640. The van der Waals surface area contributed by atoms with E-state index in [0.717, 1.165) is 20.1 Å². The molecule has 1 aromatic carbocycles. The molecule has 14 heteroatoms. The van der Waals surface area contributed by atoms with Crippen molar-refractivity contribution in [3.8, 4) is 0 Å². The molecule has 0 aliphatic rings. The van der Waals surface area contributed by atoms with E-state index in [-0.39, 0.29) is 48.2 Å². The van der Waals surface area contributed by atoms with Gasteiger partial charge >= 0.3 is 12.2 Å². The Hall–Kier alpha value is -5.01. The Morgan fingerprint density at radius 1 is 1.14 bits per heavy atom. The first-order valence-electron chi connectivity index (χ1n) is 13.9. The highest BCUT2D eigenvalue weighted by Gasteiger charge is 2.25. The van der Waals surface area contributed by atoms with E-state index in [1.165, 1.54) is 49.5 Å². The standard InChI is InChI=1S/C30H37FN6O7/c1-18(2)14-19-15-20(31)16-22-26(19)33-24(37(22)29(41)42)17-36-13-9-10-21(28(36)40)32-27(39)23(44-30(43)35(5)6)11-7-8-12-25(38)34(3)4/h8-10,12-13,15-16,18,23H,7,11,14,17H2,1-6H3,(H,32,39)(H,41,42). The predicted molar refractivity (Wildman–Crippen MR) is 161 cm³/mol. The molecule has 1 unspecified atom stereocenters. The molecule has 13 nitrogen and oxygen atoms in total. The van der Waals surface area contributed by atoms with Crippen LogP contribution in [0.5, 0.6) is 0 Å². The van der Waals surface area contributed by atoms with Crippen LogP contribution < -0.4 is 10.9 Å². The number of halogens is 1. The van der Waals surface area contributed by atoms with Crippen molar-refractivity contribution in [2.75, 3.05) is 33.5 Å². The van der Waals surface area contributed by atoms with Crippen LogP contribution in [0, 0.1) is 11.7 Å². The van der Waals surface area contributed by atoms with Gasteiger partial charge in [0.1, 0.15) is 17.3 Å². The third-order valence-corrected chi connectivity index (χ3v) is 6.48. The second kappa shape index (κ2) is 14.4. The van der Waals surface area contributed by atoms with E-state index in [1.54, 1.807) is 20.2 Å². The van der Waals surface area contributed by atoms with Crippen LogP contribution in [0.2, 0.25) is 0 Å². The number of likely N-dealkylation sites (N-methyl/N-ethyl adjacent to an activating group) is 1. The molecule has 3 aromatic rings. The minimum Gasteiger partial charge on any atom is -0.464 e. The minimum absolute atomic E-state index is 0.0227. The summed E-state index contributed by atoms with van der Waals surface area (Å²) >= 11 is 0. The first-order valence-corrected chi connectivity index (χ1v) is 13.9. The molecule has 0 fully saturated rings. The molecular weight excluding hydrogens is 575 g/mol. The molecule has 0 aliphatic carbocycles. The van der Waals surface area contributed by atoms with E-state index in [9.17, 15) is 33.5 Å². The summed E-state index contributed by atoms with van der Waals surface area (Å²) in [7, 11) is 6.09. The second-order valence-corrected chi connectivity index (χ2v) is 11.0. The van der Waals surface area contributed by atoms with Crippen LogP contribution in [0.15, 0.2) is 47.4 Å². The number of carbonyl (C=O) groups is 4. The molecule has 0 bridgehead atoms. The molecule has 0 spiro atoms. The van der Waals surface area contributed by atoms with Crippen molar-refractivity contribution in [1.82, 2.24) is 23.9 Å². The van der Waals surface area contributed by atoms with Crippen molar-refractivity contribution < 1.29 is 33.4 Å². The smallest absolute Gasteiger partial charge is 0.417 e. The molecule has 0 saturated carbocycles. The van der Waals surface area contributed by atoms with Gasteiger partial charge in [-0.2, -0.15) is 0 Å². The first-order chi connectivity index (χ1) is 20.7. The third-order valence-electron chi connectivity index (χ3n) is 6.48. The number of nitrogens with zero attached hydrogens (tertiary/aromatic N) is 5. The zero-order valence-corrected chi connectivity index (χ0v) is 25.5. The van der Waals surface area contributed by atoms with Crippen LogP contribution in [0.25, 0.3) is 11.0 Å². The summed E-state index contributed by atoms with van der Waals surface area (Å²) in [5.74, 6) is -1.50. The molecule has 0 radical (unpaired) electrons. The van der Waals surface area contributed by atoms with Crippen molar-refractivity contribution in [3.63, 3.8) is 0 Å². The molecule has 0 saturated heterocycles. The average Bonchev–Trinajstić information content (AvgIpc) is 3.29. The van der Waals surface area contributed by atoms with Gasteiger partial charge in [0.25, 0.3) is 11.5 Å². The van der Waals surface area contributed by atoms with Gasteiger partial charge < -0.3 is 29.5 Å². The number of imidazole rings is 1. The van der Waals surface area contributed by atoms with Gasteiger partial charge in [-0.05, 0) is 55.0 Å². The number of hydrogen-bond acceptors (Lipinski definition) is 7. The fourth-order valence-electron chi connectivity index (χ4n) is 4.35. The average molecular weight is 613 g/mol. The topological polar surface area (TPSA) is 156 Å². The SMILES string of the molecule is CC(C)Cc1cc(F)cc2c1nc(Cn1cccc(NC(=O)C(CCC=CC(=O)N(C)C)OC(=O)N(C)C)c1=O)n2C(=O)O. The van der Waals surface area contributed by atoms with Crippen molar-refractivity contribution in [3.05, 3.63) is 70.2 Å². The zero-order valence-electron chi connectivity index (χ0n) is 25.5. The maximum absolute atomic E-state index is 14.4. The molecule has 1 atom stereocenters. The van der Waals surface area contributed by atoms with E-state index in [0.29, 0.717) is 17.5 Å². The Morgan fingerprint density at radius 3 is 2.45 bits per heavy atom. The molecule has 44 heavy (non-hydrogen) atoms. The van der Waals surface area contributed by atoms with E-state index in [4.69, 9.17) is 4.74 Å². The molecule has 3 amide bonds. The van der Waals surface area contributed by atoms with Gasteiger partial charge in [-0.15, -0.1) is 0 Å². The fourth-order valence-corrected chi connectivity index (χ4v) is 4.35. The number of aromatic nitrogens is 3. The molecular formula is C30H37FN6O7. The lowest BCUT2D eigenvalue weighted by Crippen LogP contribution is -2.37. The molecule has 2 heterocycles. The molecule has 0 aliphatic heterocycles. The normalized spacial score (nSPS) is 12.0. The van der Waals surface area contributed by atoms with Crippen molar-refractivity contribution in [1.29, 1.82) is 0 Å². The lowest BCUT2D eigenvalue weighted by molar-refractivity contribution is -0.125. The van der Waals surface area contributed by atoms with E-state index >= 15 is 0 Å². The number of carbonyl (C=O) groups excluding carboxylic acids is 3. The number of anilines is 1. The maximum atomic E-state index is 14.4. The van der Waals surface area contributed by atoms with Crippen LogP contribution >= 0.6 is 0 Å². The molecule has 236 valence electrons. The monoisotopic (exact) mass is 612 g/mol. The number of ether oxygens (including phenoxy) is 1. The van der Waals surface area contributed by atoms with E-state index in [1.807, 2.05) is 13.8 Å². The summed E-state index contributed by atoms with van der Waals surface area (Å²) < 4.78 is 21.7. The van der Waals surface area contributed by atoms with E-state index < -0.39 is 35.6 Å². The molecule has 2 N–H and O–H groups in total. The number of rotatable bonds is 11. The Balaban J connectivity index is 1.90. The second-order valence-electron chi connectivity index (χ2n) is 11.0. The van der Waals surface area contributed by atoms with E-state index in [2.05, 4.69) is 10.3 Å². The quantitative estimate of drug-likeness (QED) is 0.312. The Labute approximate surface area is 253 Å². The molecule has 3 rings (SSSR count). The lowest BCUT2D eigenvalue weighted by atomic mass is 10.0. The number of nitrogens with one attached hydrogen (secondary N) is 1. The van der Waals surface area contributed by atoms with Gasteiger partial charge in [0, 0.05) is 40.5 Å². The van der Waals surface area contributed by atoms with Gasteiger partial charge in [-0.25, -0.2) is 23.5 Å². The van der Waals surface area contributed by atoms with Crippen LogP contribution in [0.4, 0.5) is 19.7 Å². The van der Waals surface area contributed by atoms with Gasteiger partial charge in [0.2, 0.25) is 5.91 Å². The largest absolute Gasteiger partial charge is 0.464 e. The summed E-state index contributed by atoms with van der Waals surface area (Å²) in [5, 5.41) is 12.4. The number of fused-ring (bicyclic) bond motifs is 1. The summed E-state index contributed by atoms with van der Waals surface area (Å²) in [6, 6.07) is 5.24. The lowest BCUT2D eigenvalue weighted by Gasteiger charge is -2.19. The van der Waals surface area contributed by atoms with Crippen LogP contribution in [-0.2, 0) is 27.3 Å². The fraction of sp³-hybridized carbons (Fsp3) is 0.400.